The van der Waals surface area contributed by atoms with E-state index in [1.54, 1.807) is 13.8 Å². The van der Waals surface area contributed by atoms with Gasteiger partial charge in [0.2, 0.25) is 11.8 Å². The molecule has 21 heavy (non-hydrogen) atoms. The summed E-state index contributed by atoms with van der Waals surface area (Å²) in [6.45, 7) is 3.62. The number of aromatic nitrogens is 1. The number of hydrogen-bond donors (Lipinski definition) is 4. The molecule has 0 saturated heterocycles. The SMILES string of the molecule is C[C@H](N)C(=O)N[C@@H](C)C(=O)NCc1cccc2[nH]ccc12. The Balaban J connectivity index is 1.95. The maximum atomic E-state index is 12.0. The average molecular weight is 288 g/mol. The molecule has 0 fully saturated rings. The summed E-state index contributed by atoms with van der Waals surface area (Å²) in [5, 5.41) is 6.46. The maximum absolute atomic E-state index is 12.0. The van der Waals surface area contributed by atoms with E-state index in [9.17, 15) is 9.59 Å². The Labute approximate surface area is 123 Å². The number of carbonyl (C=O) groups excluding carboxylic acids is 2. The van der Waals surface area contributed by atoms with E-state index in [0.717, 1.165) is 16.5 Å². The fourth-order valence-electron chi connectivity index (χ4n) is 2.05. The van der Waals surface area contributed by atoms with Crippen LogP contribution in [0.2, 0.25) is 0 Å². The molecule has 6 nitrogen and oxygen atoms in total. The van der Waals surface area contributed by atoms with Gasteiger partial charge in [0, 0.05) is 23.6 Å². The number of benzene rings is 1. The average Bonchev–Trinajstić information content (AvgIpc) is 2.93. The highest BCUT2D eigenvalue weighted by molar-refractivity contribution is 5.89. The standard InChI is InChI=1S/C15H20N4O2/c1-9(16)14(20)19-10(2)15(21)18-8-11-4-3-5-13-12(11)6-7-17-13/h3-7,9-10,17H,8,16H2,1-2H3,(H,18,21)(H,19,20)/t9-,10-/m0/s1. The molecular formula is C15H20N4O2. The normalized spacial score (nSPS) is 13.7. The Kier molecular flexibility index (Phi) is 4.59. The number of amides is 2. The zero-order valence-electron chi connectivity index (χ0n) is 12.1. The molecule has 6 heteroatoms. The van der Waals surface area contributed by atoms with E-state index in [1.807, 2.05) is 30.5 Å². The van der Waals surface area contributed by atoms with Crippen LogP contribution in [0.4, 0.5) is 0 Å². The fraction of sp³-hybridized carbons (Fsp3) is 0.333. The summed E-state index contributed by atoms with van der Waals surface area (Å²) in [5.41, 5.74) is 7.50. The van der Waals surface area contributed by atoms with Crippen LogP contribution < -0.4 is 16.4 Å². The molecule has 2 amide bonds. The van der Waals surface area contributed by atoms with Crippen molar-refractivity contribution < 1.29 is 9.59 Å². The zero-order chi connectivity index (χ0) is 15.4. The molecular weight excluding hydrogens is 268 g/mol. The fourth-order valence-corrected chi connectivity index (χ4v) is 2.05. The van der Waals surface area contributed by atoms with Crippen LogP contribution in [-0.4, -0.2) is 28.9 Å². The summed E-state index contributed by atoms with van der Waals surface area (Å²) < 4.78 is 0. The number of carbonyl (C=O) groups is 2. The van der Waals surface area contributed by atoms with Crippen molar-refractivity contribution in [1.29, 1.82) is 0 Å². The quantitative estimate of drug-likeness (QED) is 0.649. The van der Waals surface area contributed by atoms with Gasteiger partial charge in [0.05, 0.1) is 6.04 Å². The lowest BCUT2D eigenvalue weighted by molar-refractivity contribution is -0.129. The van der Waals surface area contributed by atoms with Crippen LogP contribution in [0.25, 0.3) is 10.9 Å². The predicted molar refractivity (Wildman–Crippen MR) is 81.4 cm³/mol. The van der Waals surface area contributed by atoms with Crippen LogP contribution in [0.1, 0.15) is 19.4 Å². The summed E-state index contributed by atoms with van der Waals surface area (Å²) in [5.74, 6) is -0.582. The molecule has 0 unspecified atom stereocenters. The van der Waals surface area contributed by atoms with Gasteiger partial charge in [0.25, 0.3) is 0 Å². The van der Waals surface area contributed by atoms with Gasteiger partial charge in [-0.2, -0.15) is 0 Å². The van der Waals surface area contributed by atoms with Crippen LogP contribution in [0.5, 0.6) is 0 Å². The molecule has 0 spiro atoms. The summed E-state index contributed by atoms with van der Waals surface area (Å²) in [6, 6.07) is 6.59. The van der Waals surface area contributed by atoms with E-state index in [-0.39, 0.29) is 11.8 Å². The van der Waals surface area contributed by atoms with Crippen molar-refractivity contribution in [2.45, 2.75) is 32.5 Å². The largest absolute Gasteiger partial charge is 0.361 e. The molecule has 1 aromatic carbocycles. The molecule has 0 bridgehead atoms. The number of fused-ring (bicyclic) bond motifs is 1. The van der Waals surface area contributed by atoms with Crippen LogP contribution in [-0.2, 0) is 16.1 Å². The van der Waals surface area contributed by atoms with E-state index in [2.05, 4.69) is 15.6 Å². The monoisotopic (exact) mass is 288 g/mol. The third kappa shape index (κ3) is 3.61. The van der Waals surface area contributed by atoms with Gasteiger partial charge < -0.3 is 21.4 Å². The summed E-state index contributed by atoms with van der Waals surface area (Å²) in [4.78, 5) is 26.6. The number of rotatable bonds is 5. The van der Waals surface area contributed by atoms with Crippen molar-refractivity contribution in [3.63, 3.8) is 0 Å². The topological polar surface area (TPSA) is 100 Å². The summed E-state index contributed by atoms with van der Waals surface area (Å²) in [6.07, 6.45) is 1.86. The molecule has 0 aliphatic heterocycles. The zero-order valence-corrected chi connectivity index (χ0v) is 12.1. The lowest BCUT2D eigenvalue weighted by atomic mass is 10.1. The summed E-state index contributed by atoms with van der Waals surface area (Å²) in [7, 11) is 0. The molecule has 0 radical (unpaired) electrons. The van der Waals surface area contributed by atoms with Gasteiger partial charge in [0.1, 0.15) is 6.04 Å². The van der Waals surface area contributed by atoms with Crippen LogP contribution in [0.3, 0.4) is 0 Å². The first-order valence-corrected chi connectivity index (χ1v) is 6.87. The lowest BCUT2D eigenvalue weighted by Gasteiger charge is -2.15. The third-order valence-electron chi connectivity index (χ3n) is 3.30. The Hall–Kier alpha value is -2.34. The van der Waals surface area contributed by atoms with Gasteiger partial charge in [-0.3, -0.25) is 9.59 Å². The number of hydrogen-bond acceptors (Lipinski definition) is 3. The van der Waals surface area contributed by atoms with Gasteiger partial charge >= 0.3 is 0 Å². The Morgan fingerprint density at radius 2 is 2.00 bits per heavy atom. The minimum atomic E-state index is -0.631. The van der Waals surface area contributed by atoms with Crippen LogP contribution in [0.15, 0.2) is 30.5 Å². The lowest BCUT2D eigenvalue weighted by Crippen LogP contribution is -2.49. The first-order valence-electron chi connectivity index (χ1n) is 6.87. The van der Waals surface area contributed by atoms with Crippen molar-refractivity contribution in [2.24, 2.45) is 5.73 Å². The number of aromatic amines is 1. The molecule has 0 aliphatic rings. The minimum Gasteiger partial charge on any atom is -0.361 e. The van der Waals surface area contributed by atoms with Crippen molar-refractivity contribution in [3.05, 3.63) is 36.0 Å². The van der Waals surface area contributed by atoms with E-state index < -0.39 is 12.1 Å². The van der Waals surface area contributed by atoms with E-state index in [1.165, 1.54) is 0 Å². The molecule has 1 heterocycles. The van der Waals surface area contributed by atoms with Gasteiger partial charge in [-0.1, -0.05) is 12.1 Å². The van der Waals surface area contributed by atoms with Crippen molar-refractivity contribution in [3.8, 4) is 0 Å². The number of nitrogens with one attached hydrogen (secondary N) is 3. The minimum absolute atomic E-state index is 0.239. The molecule has 2 aromatic rings. The first kappa shape index (κ1) is 15.1. The van der Waals surface area contributed by atoms with Crippen molar-refractivity contribution in [1.82, 2.24) is 15.6 Å². The molecule has 112 valence electrons. The Morgan fingerprint density at radius 3 is 2.71 bits per heavy atom. The molecule has 2 atom stereocenters. The molecule has 0 saturated carbocycles. The van der Waals surface area contributed by atoms with Gasteiger partial charge in [-0.15, -0.1) is 0 Å². The number of nitrogens with two attached hydrogens (primary N) is 1. The molecule has 5 N–H and O–H groups in total. The highest BCUT2D eigenvalue weighted by atomic mass is 16.2. The molecule has 1 aromatic heterocycles. The second-order valence-electron chi connectivity index (χ2n) is 5.09. The van der Waals surface area contributed by atoms with Crippen LogP contribution in [0, 0.1) is 0 Å². The summed E-state index contributed by atoms with van der Waals surface area (Å²) >= 11 is 0. The van der Waals surface area contributed by atoms with E-state index in [4.69, 9.17) is 5.73 Å². The van der Waals surface area contributed by atoms with Crippen molar-refractivity contribution in [2.75, 3.05) is 0 Å². The van der Waals surface area contributed by atoms with E-state index in [0.29, 0.717) is 6.54 Å². The number of H-pyrrole nitrogens is 1. The second-order valence-corrected chi connectivity index (χ2v) is 5.09. The third-order valence-corrected chi connectivity index (χ3v) is 3.30. The Bertz CT molecular complexity index is 648. The molecule has 2 rings (SSSR count). The van der Waals surface area contributed by atoms with Crippen molar-refractivity contribution >= 4 is 22.7 Å². The van der Waals surface area contributed by atoms with Crippen LogP contribution >= 0.6 is 0 Å². The van der Waals surface area contributed by atoms with E-state index >= 15 is 0 Å². The van der Waals surface area contributed by atoms with Gasteiger partial charge in [0.15, 0.2) is 0 Å². The van der Waals surface area contributed by atoms with Gasteiger partial charge in [-0.25, -0.2) is 0 Å². The maximum Gasteiger partial charge on any atom is 0.242 e. The first-order chi connectivity index (χ1) is 9.99. The highest BCUT2D eigenvalue weighted by Gasteiger charge is 2.17. The van der Waals surface area contributed by atoms with Gasteiger partial charge in [-0.05, 0) is 31.5 Å². The smallest absolute Gasteiger partial charge is 0.242 e. The Morgan fingerprint density at radius 1 is 1.24 bits per heavy atom. The second kappa shape index (κ2) is 6.41. The highest BCUT2D eigenvalue weighted by Crippen LogP contribution is 2.16. The predicted octanol–water partition coefficient (Wildman–Crippen LogP) is 0.636. The molecule has 0 aliphatic carbocycles.